The lowest BCUT2D eigenvalue weighted by atomic mass is 10.1. The van der Waals surface area contributed by atoms with Crippen molar-refractivity contribution < 1.29 is 0 Å². The normalized spacial score (nSPS) is 21.7. The third kappa shape index (κ3) is 3.03. The molecule has 4 rings (SSSR count). The first kappa shape index (κ1) is 15.9. The first-order valence-corrected chi connectivity index (χ1v) is 8.98. The van der Waals surface area contributed by atoms with Crippen molar-refractivity contribution in [2.45, 2.75) is 39.4 Å². The molecule has 0 saturated carbocycles. The number of piperazine rings is 1. The van der Waals surface area contributed by atoms with Crippen LogP contribution in [0.3, 0.4) is 0 Å². The number of aryl methyl sites for hydroxylation is 1. The van der Waals surface area contributed by atoms with E-state index in [2.05, 4.69) is 43.8 Å². The second-order valence-electron chi connectivity index (χ2n) is 7.37. The van der Waals surface area contributed by atoms with Crippen LogP contribution in [-0.2, 0) is 6.54 Å². The summed E-state index contributed by atoms with van der Waals surface area (Å²) in [5.74, 6) is 0.941. The van der Waals surface area contributed by atoms with Gasteiger partial charge < -0.3 is 0 Å². The summed E-state index contributed by atoms with van der Waals surface area (Å²) in [5.41, 5.74) is 1.82. The molecule has 2 aromatic heterocycles. The van der Waals surface area contributed by atoms with Gasteiger partial charge in [-0.05, 0) is 32.9 Å². The molecule has 2 saturated heterocycles. The smallest absolute Gasteiger partial charge is 0.177 e. The molecular weight excluding hydrogens is 302 g/mol. The number of hydrogen-bond donors (Lipinski definition) is 0. The molecule has 2 aliphatic heterocycles. The molecule has 24 heavy (non-hydrogen) atoms. The summed E-state index contributed by atoms with van der Waals surface area (Å²) in [5, 5.41) is 13.1. The molecule has 4 heterocycles. The van der Waals surface area contributed by atoms with Gasteiger partial charge in [0.05, 0.1) is 12.2 Å². The largest absolute Gasteiger partial charge is 0.298 e. The molecule has 2 aliphatic rings. The second kappa shape index (κ2) is 6.38. The van der Waals surface area contributed by atoms with Gasteiger partial charge in [-0.2, -0.15) is 9.61 Å². The molecule has 0 amide bonds. The molecule has 0 bridgehead atoms. The lowest BCUT2D eigenvalue weighted by Crippen LogP contribution is -2.63. The van der Waals surface area contributed by atoms with Crippen molar-refractivity contribution in [3.8, 4) is 0 Å². The van der Waals surface area contributed by atoms with Crippen molar-refractivity contribution in [3.63, 3.8) is 0 Å². The number of rotatable bonds is 4. The van der Waals surface area contributed by atoms with E-state index in [0.29, 0.717) is 12.1 Å². The summed E-state index contributed by atoms with van der Waals surface area (Å²) < 4.78 is 1.88. The van der Waals surface area contributed by atoms with E-state index in [0.717, 1.165) is 36.8 Å². The summed E-state index contributed by atoms with van der Waals surface area (Å²) in [7, 11) is 0. The van der Waals surface area contributed by atoms with Crippen molar-refractivity contribution in [3.05, 3.63) is 23.7 Å². The minimum Gasteiger partial charge on any atom is -0.298 e. The SMILES string of the molecule is Cc1ccc2nnc(CN3CC(N4CCN(C(C)C)CC4)C3)n2n1. The maximum atomic E-state index is 4.53. The van der Waals surface area contributed by atoms with Crippen molar-refractivity contribution in [1.82, 2.24) is 34.5 Å². The Morgan fingerprint density at radius 2 is 1.83 bits per heavy atom. The summed E-state index contributed by atoms with van der Waals surface area (Å²) in [6.07, 6.45) is 0. The molecule has 0 radical (unpaired) electrons. The molecule has 7 heteroatoms. The Morgan fingerprint density at radius 1 is 1.08 bits per heavy atom. The summed E-state index contributed by atoms with van der Waals surface area (Å²) in [6, 6.07) is 5.33. The molecular formula is C17H27N7. The molecule has 0 N–H and O–H groups in total. The zero-order valence-corrected chi connectivity index (χ0v) is 14.9. The molecule has 0 atom stereocenters. The van der Waals surface area contributed by atoms with Gasteiger partial charge in [0.25, 0.3) is 0 Å². The van der Waals surface area contributed by atoms with Gasteiger partial charge in [-0.1, -0.05) is 0 Å². The second-order valence-corrected chi connectivity index (χ2v) is 7.37. The van der Waals surface area contributed by atoms with Gasteiger partial charge >= 0.3 is 0 Å². The van der Waals surface area contributed by atoms with E-state index in [1.54, 1.807) is 0 Å². The number of fused-ring (bicyclic) bond motifs is 1. The zero-order chi connectivity index (χ0) is 16.7. The van der Waals surface area contributed by atoms with Crippen molar-refractivity contribution in [2.24, 2.45) is 0 Å². The number of hydrogen-bond acceptors (Lipinski definition) is 6. The highest BCUT2D eigenvalue weighted by Gasteiger charge is 2.34. The fraction of sp³-hybridized carbons (Fsp3) is 0.706. The van der Waals surface area contributed by atoms with Gasteiger partial charge in [-0.15, -0.1) is 10.2 Å². The van der Waals surface area contributed by atoms with E-state index in [-0.39, 0.29) is 0 Å². The molecule has 0 aliphatic carbocycles. The van der Waals surface area contributed by atoms with Crippen molar-refractivity contribution in [2.75, 3.05) is 39.3 Å². The fourth-order valence-corrected chi connectivity index (χ4v) is 3.75. The molecule has 0 aromatic carbocycles. The Bertz CT molecular complexity index is 696. The van der Waals surface area contributed by atoms with Gasteiger partial charge in [-0.3, -0.25) is 14.7 Å². The van der Waals surface area contributed by atoms with E-state index in [9.17, 15) is 0 Å². The highest BCUT2D eigenvalue weighted by atomic mass is 15.4. The van der Waals surface area contributed by atoms with Crippen LogP contribution in [0, 0.1) is 6.92 Å². The summed E-state index contributed by atoms with van der Waals surface area (Å²) in [4.78, 5) is 7.67. The van der Waals surface area contributed by atoms with Crippen molar-refractivity contribution >= 4 is 5.65 Å². The third-order valence-corrected chi connectivity index (χ3v) is 5.36. The quantitative estimate of drug-likeness (QED) is 0.821. The summed E-state index contributed by atoms with van der Waals surface area (Å²) in [6.45, 7) is 14.5. The first-order valence-electron chi connectivity index (χ1n) is 8.98. The van der Waals surface area contributed by atoms with E-state index in [1.807, 2.05) is 23.6 Å². The Kier molecular flexibility index (Phi) is 4.24. The van der Waals surface area contributed by atoms with E-state index < -0.39 is 0 Å². The Balaban J connectivity index is 1.31. The minimum atomic E-state index is 0.669. The van der Waals surface area contributed by atoms with Crippen LogP contribution in [0.25, 0.3) is 5.65 Å². The Morgan fingerprint density at radius 3 is 2.54 bits per heavy atom. The average Bonchev–Trinajstić information content (AvgIpc) is 2.92. The first-order chi connectivity index (χ1) is 11.6. The Hall–Kier alpha value is -1.57. The number of aromatic nitrogens is 4. The van der Waals surface area contributed by atoms with Crippen molar-refractivity contribution in [1.29, 1.82) is 0 Å². The lowest BCUT2D eigenvalue weighted by molar-refractivity contribution is -0.00538. The van der Waals surface area contributed by atoms with Crippen LogP contribution >= 0.6 is 0 Å². The molecule has 0 spiro atoms. The maximum absolute atomic E-state index is 4.53. The van der Waals surface area contributed by atoms with Crippen LogP contribution in [0.5, 0.6) is 0 Å². The van der Waals surface area contributed by atoms with E-state index in [4.69, 9.17) is 0 Å². The molecule has 2 fully saturated rings. The standard InChI is InChI=1S/C17H27N7/c1-13(2)22-6-8-23(9-7-22)15-10-21(11-15)12-17-19-18-16-5-4-14(3)20-24(16)17/h4-5,13,15H,6-12H2,1-3H3. The molecule has 2 aromatic rings. The van der Waals surface area contributed by atoms with Crippen LogP contribution in [0.1, 0.15) is 25.4 Å². The number of likely N-dealkylation sites (tertiary alicyclic amines) is 1. The third-order valence-electron chi connectivity index (χ3n) is 5.36. The van der Waals surface area contributed by atoms with Crippen LogP contribution in [0.2, 0.25) is 0 Å². The lowest BCUT2D eigenvalue weighted by Gasteiger charge is -2.48. The van der Waals surface area contributed by atoms with Gasteiger partial charge in [-0.25, -0.2) is 0 Å². The molecule has 130 valence electrons. The summed E-state index contributed by atoms with van der Waals surface area (Å²) >= 11 is 0. The van der Waals surface area contributed by atoms with Gasteiger partial charge in [0.1, 0.15) is 0 Å². The monoisotopic (exact) mass is 329 g/mol. The predicted octanol–water partition coefficient (Wildman–Crippen LogP) is 0.643. The zero-order valence-electron chi connectivity index (χ0n) is 14.9. The Labute approximate surface area is 143 Å². The highest BCUT2D eigenvalue weighted by Crippen LogP contribution is 2.19. The van der Waals surface area contributed by atoms with Crippen LogP contribution < -0.4 is 0 Å². The van der Waals surface area contributed by atoms with Gasteiger partial charge in [0.2, 0.25) is 0 Å². The van der Waals surface area contributed by atoms with Crippen LogP contribution in [0.15, 0.2) is 12.1 Å². The van der Waals surface area contributed by atoms with E-state index >= 15 is 0 Å². The van der Waals surface area contributed by atoms with Crippen LogP contribution in [-0.4, -0.2) is 85.9 Å². The van der Waals surface area contributed by atoms with Crippen LogP contribution in [0.4, 0.5) is 0 Å². The molecule has 7 nitrogen and oxygen atoms in total. The van der Waals surface area contributed by atoms with Gasteiger partial charge in [0.15, 0.2) is 11.5 Å². The van der Waals surface area contributed by atoms with E-state index in [1.165, 1.54) is 26.2 Å². The number of nitrogens with zero attached hydrogens (tertiary/aromatic N) is 7. The van der Waals surface area contributed by atoms with Gasteiger partial charge in [0, 0.05) is 51.4 Å². The fourth-order valence-electron chi connectivity index (χ4n) is 3.75. The average molecular weight is 329 g/mol. The maximum Gasteiger partial charge on any atom is 0.177 e. The topological polar surface area (TPSA) is 52.8 Å². The predicted molar refractivity (Wildman–Crippen MR) is 92.9 cm³/mol. The molecule has 0 unspecified atom stereocenters. The minimum absolute atomic E-state index is 0.669. The highest BCUT2D eigenvalue weighted by molar-refractivity contribution is 5.36.